The summed E-state index contributed by atoms with van der Waals surface area (Å²) in [6, 6.07) is 23.9. The molecule has 2 heterocycles. The molecule has 2 aromatic heterocycles. The van der Waals surface area contributed by atoms with Gasteiger partial charge in [0.15, 0.2) is 0 Å². The number of imidazole rings is 1. The molecule has 0 saturated heterocycles. The van der Waals surface area contributed by atoms with Gasteiger partial charge >= 0.3 is 0 Å². The smallest absolute Gasteiger partial charge is 0.254 e. The third-order valence-corrected chi connectivity index (χ3v) is 4.55. The topological polar surface area (TPSA) is 37.6 Å². The SMILES string of the molecule is Cc1cn2ccc(C(=O)N(Cc3ccccc3)Cc3ccccc3)cc2n1. The van der Waals surface area contributed by atoms with Crippen LogP contribution in [0.15, 0.2) is 85.2 Å². The summed E-state index contributed by atoms with van der Waals surface area (Å²) in [5.41, 5.74) is 4.60. The summed E-state index contributed by atoms with van der Waals surface area (Å²) in [6.07, 6.45) is 3.85. The number of benzene rings is 2. The Bertz CT molecular complexity index is 1010. The average molecular weight is 355 g/mol. The van der Waals surface area contributed by atoms with Crippen LogP contribution in [0.3, 0.4) is 0 Å². The third-order valence-electron chi connectivity index (χ3n) is 4.55. The molecule has 4 aromatic rings. The molecule has 4 rings (SSSR count). The van der Waals surface area contributed by atoms with Crippen LogP contribution in [0.1, 0.15) is 27.2 Å². The van der Waals surface area contributed by atoms with Gasteiger partial charge in [-0.05, 0) is 30.2 Å². The molecule has 1 amide bonds. The molecule has 4 heteroatoms. The monoisotopic (exact) mass is 355 g/mol. The van der Waals surface area contributed by atoms with Gasteiger partial charge in [0.2, 0.25) is 0 Å². The van der Waals surface area contributed by atoms with Crippen LogP contribution in [0.2, 0.25) is 0 Å². The van der Waals surface area contributed by atoms with Gasteiger partial charge in [0.1, 0.15) is 5.65 Å². The van der Waals surface area contributed by atoms with E-state index in [4.69, 9.17) is 0 Å². The number of rotatable bonds is 5. The van der Waals surface area contributed by atoms with Crippen LogP contribution < -0.4 is 0 Å². The summed E-state index contributed by atoms with van der Waals surface area (Å²) in [5, 5.41) is 0. The Morgan fingerprint density at radius 3 is 2.11 bits per heavy atom. The van der Waals surface area contributed by atoms with Crippen LogP contribution in [0.5, 0.6) is 0 Å². The maximum Gasteiger partial charge on any atom is 0.254 e. The number of hydrogen-bond donors (Lipinski definition) is 0. The summed E-state index contributed by atoms with van der Waals surface area (Å²) < 4.78 is 1.94. The van der Waals surface area contributed by atoms with E-state index in [1.54, 1.807) is 0 Å². The maximum absolute atomic E-state index is 13.3. The van der Waals surface area contributed by atoms with E-state index in [0.717, 1.165) is 22.5 Å². The molecule has 0 aliphatic heterocycles. The molecule has 2 aromatic carbocycles. The van der Waals surface area contributed by atoms with Crippen LogP contribution in [-0.4, -0.2) is 20.2 Å². The maximum atomic E-state index is 13.3. The summed E-state index contributed by atoms with van der Waals surface area (Å²) in [6.45, 7) is 3.08. The standard InChI is InChI=1S/C23H21N3O/c1-18-15-25-13-12-21(14-22(25)24-18)23(27)26(16-19-8-4-2-5-9-19)17-20-10-6-3-7-11-20/h2-15H,16-17H2,1H3. The Kier molecular flexibility index (Phi) is 4.71. The largest absolute Gasteiger partial charge is 0.330 e. The number of carbonyl (C=O) groups excluding carboxylic acids is 1. The number of fused-ring (bicyclic) bond motifs is 1. The van der Waals surface area contributed by atoms with Crippen LogP contribution in [0, 0.1) is 6.92 Å². The molecule has 0 radical (unpaired) electrons. The van der Waals surface area contributed by atoms with E-state index in [9.17, 15) is 4.79 Å². The lowest BCUT2D eigenvalue weighted by atomic mass is 10.1. The zero-order valence-electron chi connectivity index (χ0n) is 15.2. The first-order valence-corrected chi connectivity index (χ1v) is 9.01. The Balaban J connectivity index is 1.65. The van der Waals surface area contributed by atoms with E-state index in [0.29, 0.717) is 18.7 Å². The molecule has 0 fully saturated rings. The molecule has 27 heavy (non-hydrogen) atoms. The van der Waals surface area contributed by atoms with Crippen molar-refractivity contribution in [2.45, 2.75) is 20.0 Å². The minimum absolute atomic E-state index is 0.00543. The molecule has 134 valence electrons. The molecule has 0 N–H and O–H groups in total. The van der Waals surface area contributed by atoms with Gasteiger partial charge in [-0.2, -0.15) is 0 Å². The van der Waals surface area contributed by atoms with Gasteiger partial charge in [0.05, 0.1) is 5.69 Å². The molecule has 4 nitrogen and oxygen atoms in total. The highest BCUT2D eigenvalue weighted by molar-refractivity contribution is 5.95. The summed E-state index contributed by atoms with van der Waals surface area (Å²) in [4.78, 5) is 19.6. The fourth-order valence-corrected chi connectivity index (χ4v) is 3.23. The normalized spacial score (nSPS) is 10.9. The number of pyridine rings is 1. The van der Waals surface area contributed by atoms with Crippen molar-refractivity contribution in [1.29, 1.82) is 0 Å². The predicted octanol–water partition coefficient (Wildman–Crippen LogP) is 4.49. The van der Waals surface area contributed by atoms with Crippen molar-refractivity contribution in [3.8, 4) is 0 Å². The van der Waals surface area contributed by atoms with Gasteiger partial charge in [-0.1, -0.05) is 60.7 Å². The molecular formula is C23H21N3O. The van der Waals surface area contributed by atoms with Gasteiger partial charge in [0.25, 0.3) is 5.91 Å². The number of hydrogen-bond acceptors (Lipinski definition) is 2. The second-order valence-corrected chi connectivity index (χ2v) is 6.70. The molecule has 0 aliphatic rings. The third kappa shape index (κ3) is 3.90. The second kappa shape index (κ2) is 7.46. The molecule has 0 saturated carbocycles. The van der Waals surface area contributed by atoms with Crippen molar-refractivity contribution in [3.05, 3.63) is 108 Å². The summed E-state index contributed by atoms with van der Waals surface area (Å²) in [5.74, 6) is 0.00543. The number of nitrogens with zero attached hydrogens (tertiary/aromatic N) is 3. The molecule has 0 bridgehead atoms. The van der Waals surface area contributed by atoms with Gasteiger partial charge < -0.3 is 9.30 Å². The lowest BCUT2D eigenvalue weighted by Crippen LogP contribution is -2.30. The van der Waals surface area contributed by atoms with Crippen LogP contribution >= 0.6 is 0 Å². The highest BCUT2D eigenvalue weighted by Gasteiger charge is 2.17. The van der Waals surface area contributed by atoms with E-state index in [2.05, 4.69) is 4.98 Å². The molecular weight excluding hydrogens is 334 g/mol. The first kappa shape index (κ1) is 17.0. The Morgan fingerprint density at radius 1 is 0.926 bits per heavy atom. The minimum Gasteiger partial charge on any atom is -0.330 e. The number of aryl methyl sites for hydroxylation is 1. The zero-order valence-corrected chi connectivity index (χ0v) is 15.2. The molecule has 0 spiro atoms. The second-order valence-electron chi connectivity index (χ2n) is 6.70. The van der Waals surface area contributed by atoms with Crippen molar-refractivity contribution < 1.29 is 4.79 Å². The van der Waals surface area contributed by atoms with E-state index >= 15 is 0 Å². The Hall–Kier alpha value is -3.40. The van der Waals surface area contributed by atoms with Crippen LogP contribution in [-0.2, 0) is 13.1 Å². The fourth-order valence-electron chi connectivity index (χ4n) is 3.23. The highest BCUT2D eigenvalue weighted by Crippen LogP contribution is 2.16. The predicted molar refractivity (Wildman–Crippen MR) is 106 cm³/mol. The number of aromatic nitrogens is 2. The van der Waals surface area contributed by atoms with Gasteiger partial charge in [-0.15, -0.1) is 0 Å². The molecule has 0 unspecified atom stereocenters. The lowest BCUT2D eigenvalue weighted by Gasteiger charge is -2.23. The van der Waals surface area contributed by atoms with Crippen LogP contribution in [0.4, 0.5) is 0 Å². The first-order valence-electron chi connectivity index (χ1n) is 9.01. The van der Waals surface area contributed by atoms with Gasteiger partial charge in [-0.3, -0.25) is 4.79 Å². The Morgan fingerprint density at radius 2 is 1.52 bits per heavy atom. The Labute approximate surface area is 158 Å². The fraction of sp³-hybridized carbons (Fsp3) is 0.130. The van der Waals surface area contributed by atoms with Crippen molar-refractivity contribution in [2.24, 2.45) is 0 Å². The minimum atomic E-state index is 0.00543. The van der Waals surface area contributed by atoms with Gasteiger partial charge in [0, 0.05) is 31.0 Å². The van der Waals surface area contributed by atoms with Crippen molar-refractivity contribution in [3.63, 3.8) is 0 Å². The van der Waals surface area contributed by atoms with Crippen molar-refractivity contribution in [2.75, 3.05) is 0 Å². The van der Waals surface area contributed by atoms with Crippen molar-refractivity contribution >= 4 is 11.6 Å². The van der Waals surface area contributed by atoms with Crippen LogP contribution in [0.25, 0.3) is 5.65 Å². The summed E-state index contributed by atoms with van der Waals surface area (Å²) >= 11 is 0. The number of carbonyl (C=O) groups is 1. The van der Waals surface area contributed by atoms with E-state index in [-0.39, 0.29) is 5.91 Å². The average Bonchev–Trinajstić information content (AvgIpc) is 3.07. The van der Waals surface area contributed by atoms with Crippen molar-refractivity contribution in [1.82, 2.24) is 14.3 Å². The zero-order chi connectivity index (χ0) is 18.6. The van der Waals surface area contributed by atoms with E-state index in [1.807, 2.05) is 101 Å². The molecule has 0 aliphatic carbocycles. The highest BCUT2D eigenvalue weighted by atomic mass is 16.2. The summed E-state index contributed by atoms with van der Waals surface area (Å²) in [7, 11) is 0. The molecule has 0 atom stereocenters. The first-order chi connectivity index (χ1) is 13.2. The number of amides is 1. The van der Waals surface area contributed by atoms with E-state index < -0.39 is 0 Å². The van der Waals surface area contributed by atoms with Gasteiger partial charge in [-0.25, -0.2) is 4.98 Å². The lowest BCUT2D eigenvalue weighted by molar-refractivity contribution is 0.0730. The van der Waals surface area contributed by atoms with E-state index in [1.165, 1.54) is 0 Å². The quantitative estimate of drug-likeness (QED) is 0.529.